The highest BCUT2D eigenvalue weighted by Gasteiger charge is 2.20. The zero-order valence-electron chi connectivity index (χ0n) is 8.78. The fraction of sp³-hybridized carbons (Fsp3) is 0.154. The maximum absolute atomic E-state index is 10.7. The van der Waals surface area contributed by atoms with Crippen molar-refractivity contribution < 1.29 is 15.0 Å². The number of carboxylic acid groups (broad SMARTS) is 1. The van der Waals surface area contributed by atoms with Crippen molar-refractivity contribution in [3.63, 3.8) is 0 Å². The second kappa shape index (κ2) is 5.88. The molecule has 0 heterocycles. The molecule has 0 bridgehead atoms. The number of rotatable bonds is 5. The fourth-order valence-electron chi connectivity index (χ4n) is 1.28. The van der Waals surface area contributed by atoms with Crippen molar-refractivity contribution in [2.24, 2.45) is 5.92 Å². The van der Waals surface area contributed by atoms with Gasteiger partial charge in [-0.25, -0.2) is 0 Å². The lowest BCUT2D eigenvalue weighted by Crippen LogP contribution is -2.24. The van der Waals surface area contributed by atoms with Crippen molar-refractivity contribution >= 4 is 12.0 Å². The molecule has 0 aliphatic rings. The number of hydrogen-bond acceptors (Lipinski definition) is 2. The van der Waals surface area contributed by atoms with E-state index in [0.29, 0.717) is 0 Å². The van der Waals surface area contributed by atoms with Crippen LogP contribution in [0, 0.1) is 5.92 Å². The van der Waals surface area contributed by atoms with Gasteiger partial charge in [-0.05, 0) is 5.56 Å². The molecule has 0 fully saturated rings. The molecule has 0 saturated carbocycles. The summed E-state index contributed by atoms with van der Waals surface area (Å²) in [4.78, 5) is 10.7. The number of benzene rings is 1. The van der Waals surface area contributed by atoms with E-state index < -0.39 is 18.0 Å². The zero-order valence-corrected chi connectivity index (χ0v) is 8.78. The SMILES string of the molecule is C=CC(C(=O)O)C(O)/C=C/c1ccccc1. The van der Waals surface area contributed by atoms with Gasteiger partial charge in [0, 0.05) is 0 Å². The molecule has 3 heteroatoms. The highest BCUT2D eigenvalue weighted by molar-refractivity contribution is 5.73. The Bertz CT molecular complexity index is 381. The smallest absolute Gasteiger partial charge is 0.313 e. The predicted molar refractivity (Wildman–Crippen MR) is 62.8 cm³/mol. The Hall–Kier alpha value is -1.87. The van der Waals surface area contributed by atoms with E-state index in [-0.39, 0.29) is 0 Å². The third kappa shape index (κ3) is 3.37. The van der Waals surface area contributed by atoms with E-state index in [2.05, 4.69) is 6.58 Å². The van der Waals surface area contributed by atoms with Gasteiger partial charge >= 0.3 is 5.97 Å². The van der Waals surface area contributed by atoms with E-state index in [1.165, 1.54) is 12.2 Å². The topological polar surface area (TPSA) is 57.5 Å². The summed E-state index contributed by atoms with van der Waals surface area (Å²) in [5.74, 6) is -2.06. The minimum absolute atomic E-state index is 0.912. The lowest BCUT2D eigenvalue weighted by atomic mass is 10.0. The largest absolute Gasteiger partial charge is 0.481 e. The molecule has 0 aliphatic carbocycles. The fourth-order valence-corrected chi connectivity index (χ4v) is 1.28. The third-order valence-electron chi connectivity index (χ3n) is 2.19. The Labute approximate surface area is 94.4 Å². The Kier molecular flexibility index (Phi) is 4.48. The second-order valence-corrected chi connectivity index (χ2v) is 3.36. The van der Waals surface area contributed by atoms with Gasteiger partial charge in [0.1, 0.15) is 5.92 Å². The highest BCUT2D eigenvalue weighted by Crippen LogP contribution is 2.09. The van der Waals surface area contributed by atoms with Crippen LogP contribution in [0.15, 0.2) is 49.1 Å². The predicted octanol–water partition coefficient (Wildman–Crippen LogP) is 1.95. The van der Waals surface area contributed by atoms with Crippen LogP contribution in [0.2, 0.25) is 0 Å². The first kappa shape index (κ1) is 12.2. The summed E-state index contributed by atoms with van der Waals surface area (Å²) in [7, 11) is 0. The molecule has 2 unspecified atom stereocenters. The average molecular weight is 218 g/mol. The Morgan fingerprint density at radius 3 is 2.44 bits per heavy atom. The van der Waals surface area contributed by atoms with Crippen LogP contribution in [-0.2, 0) is 4.79 Å². The van der Waals surface area contributed by atoms with E-state index >= 15 is 0 Å². The van der Waals surface area contributed by atoms with E-state index in [4.69, 9.17) is 5.11 Å². The van der Waals surface area contributed by atoms with E-state index in [1.807, 2.05) is 30.3 Å². The van der Waals surface area contributed by atoms with Crippen LogP contribution in [0.3, 0.4) is 0 Å². The van der Waals surface area contributed by atoms with Gasteiger partial charge in [0.15, 0.2) is 0 Å². The van der Waals surface area contributed by atoms with Crippen LogP contribution < -0.4 is 0 Å². The third-order valence-corrected chi connectivity index (χ3v) is 2.19. The molecular formula is C13H14O3. The standard InChI is InChI=1S/C13H14O3/c1-2-11(13(15)16)12(14)9-8-10-6-4-3-5-7-10/h2-9,11-12,14H,1H2,(H,15,16)/b9-8+. The van der Waals surface area contributed by atoms with Crippen molar-refractivity contribution in [1.82, 2.24) is 0 Å². The van der Waals surface area contributed by atoms with Gasteiger partial charge in [0.2, 0.25) is 0 Å². The molecule has 84 valence electrons. The van der Waals surface area contributed by atoms with Crippen LogP contribution in [0.1, 0.15) is 5.56 Å². The summed E-state index contributed by atoms with van der Waals surface area (Å²) >= 11 is 0. The van der Waals surface area contributed by atoms with Crippen molar-refractivity contribution in [1.29, 1.82) is 0 Å². The first-order chi connectivity index (χ1) is 7.65. The molecule has 0 aliphatic heterocycles. The summed E-state index contributed by atoms with van der Waals surface area (Å²) < 4.78 is 0. The normalized spacial score (nSPS) is 14.6. The van der Waals surface area contributed by atoms with Crippen LogP contribution in [0.25, 0.3) is 6.08 Å². The van der Waals surface area contributed by atoms with Gasteiger partial charge in [-0.2, -0.15) is 0 Å². The number of carbonyl (C=O) groups is 1. The zero-order chi connectivity index (χ0) is 12.0. The Balaban J connectivity index is 2.70. The minimum atomic E-state index is -1.08. The number of aliphatic hydroxyl groups excluding tert-OH is 1. The van der Waals surface area contributed by atoms with E-state index in [1.54, 1.807) is 6.08 Å². The quantitative estimate of drug-likeness (QED) is 0.742. The molecule has 1 aromatic carbocycles. The summed E-state index contributed by atoms with van der Waals surface area (Å²) in [5.41, 5.74) is 0.912. The molecule has 0 radical (unpaired) electrons. The first-order valence-corrected chi connectivity index (χ1v) is 4.92. The van der Waals surface area contributed by atoms with Crippen LogP contribution >= 0.6 is 0 Å². The average Bonchev–Trinajstić information content (AvgIpc) is 2.28. The molecule has 1 aromatic rings. The summed E-state index contributed by atoms with van der Waals surface area (Å²) in [6.07, 6.45) is 3.30. The molecule has 0 amide bonds. The first-order valence-electron chi connectivity index (χ1n) is 4.92. The highest BCUT2D eigenvalue weighted by atomic mass is 16.4. The molecule has 2 atom stereocenters. The van der Waals surface area contributed by atoms with Crippen molar-refractivity contribution in [3.05, 3.63) is 54.6 Å². The van der Waals surface area contributed by atoms with Crippen molar-refractivity contribution in [2.75, 3.05) is 0 Å². The molecule has 16 heavy (non-hydrogen) atoms. The van der Waals surface area contributed by atoms with Gasteiger partial charge < -0.3 is 10.2 Å². The minimum Gasteiger partial charge on any atom is -0.481 e. The Morgan fingerprint density at radius 1 is 1.31 bits per heavy atom. The molecule has 0 aromatic heterocycles. The van der Waals surface area contributed by atoms with Gasteiger partial charge in [0.05, 0.1) is 6.10 Å². The van der Waals surface area contributed by atoms with Crippen molar-refractivity contribution in [3.8, 4) is 0 Å². The number of aliphatic carboxylic acids is 1. The summed E-state index contributed by atoms with van der Waals surface area (Å²) in [5, 5.41) is 18.4. The molecule has 2 N–H and O–H groups in total. The summed E-state index contributed by atoms with van der Waals surface area (Å²) in [6, 6.07) is 9.36. The van der Waals surface area contributed by atoms with Gasteiger partial charge in [-0.3, -0.25) is 4.79 Å². The van der Waals surface area contributed by atoms with Crippen LogP contribution in [0.4, 0.5) is 0 Å². The molecule has 0 spiro atoms. The van der Waals surface area contributed by atoms with E-state index in [9.17, 15) is 9.90 Å². The molecule has 3 nitrogen and oxygen atoms in total. The number of aliphatic hydroxyl groups is 1. The molecule has 0 saturated heterocycles. The molecule has 1 rings (SSSR count). The number of carboxylic acids is 1. The Morgan fingerprint density at radius 2 is 1.94 bits per heavy atom. The molecular weight excluding hydrogens is 204 g/mol. The van der Waals surface area contributed by atoms with Crippen LogP contribution in [0.5, 0.6) is 0 Å². The van der Waals surface area contributed by atoms with Gasteiger partial charge in [-0.1, -0.05) is 48.6 Å². The van der Waals surface area contributed by atoms with Crippen molar-refractivity contribution in [2.45, 2.75) is 6.10 Å². The summed E-state index contributed by atoms with van der Waals surface area (Å²) in [6.45, 7) is 3.38. The van der Waals surface area contributed by atoms with Crippen LogP contribution in [-0.4, -0.2) is 22.3 Å². The second-order valence-electron chi connectivity index (χ2n) is 3.36. The monoisotopic (exact) mass is 218 g/mol. The van der Waals surface area contributed by atoms with Gasteiger partial charge in [-0.15, -0.1) is 6.58 Å². The van der Waals surface area contributed by atoms with E-state index in [0.717, 1.165) is 5.56 Å². The lowest BCUT2D eigenvalue weighted by molar-refractivity contribution is -0.142. The lowest BCUT2D eigenvalue weighted by Gasteiger charge is -2.10. The number of hydrogen-bond donors (Lipinski definition) is 2. The maximum atomic E-state index is 10.7. The van der Waals surface area contributed by atoms with Gasteiger partial charge in [0.25, 0.3) is 0 Å². The maximum Gasteiger partial charge on any atom is 0.313 e.